The number of nitrogens with one attached hydrogen (secondary N) is 1. The lowest BCUT2D eigenvalue weighted by molar-refractivity contribution is 0.170. The lowest BCUT2D eigenvalue weighted by Gasteiger charge is -2.36. The van der Waals surface area contributed by atoms with E-state index in [2.05, 4.69) is 17.0 Å². The molecule has 2 aromatic carbocycles. The molecule has 1 saturated heterocycles. The molecule has 0 spiro atoms. The summed E-state index contributed by atoms with van der Waals surface area (Å²) < 4.78 is 21.6. The highest BCUT2D eigenvalue weighted by Gasteiger charge is 2.28. The van der Waals surface area contributed by atoms with Gasteiger partial charge in [0, 0.05) is 37.0 Å². The predicted molar refractivity (Wildman–Crippen MR) is 138 cm³/mol. The first kappa shape index (κ1) is 27.0. The van der Waals surface area contributed by atoms with Crippen molar-refractivity contribution >= 4 is 17.8 Å². The molecular formula is C27H37N3O6. The minimum Gasteiger partial charge on any atom is -0.496 e. The van der Waals surface area contributed by atoms with Crippen LogP contribution < -0.4 is 24.4 Å². The van der Waals surface area contributed by atoms with Crippen LogP contribution in [0, 0.1) is 0 Å². The Balaban J connectivity index is 1.72. The van der Waals surface area contributed by atoms with Crippen molar-refractivity contribution in [2.45, 2.75) is 45.7 Å². The Kier molecular flexibility index (Phi) is 10.1. The number of urea groups is 1. The zero-order valence-corrected chi connectivity index (χ0v) is 21.7. The second-order valence-electron chi connectivity index (χ2n) is 8.59. The summed E-state index contributed by atoms with van der Waals surface area (Å²) in [4.78, 5) is 28.4. The number of rotatable bonds is 12. The van der Waals surface area contributed by atoms with Crippen molar-refractivity contribution in [3.05, 3.63) is 47.5 Å². The fourth-order valence-corrected chi connectivity index (χ4v) is 4.13. The number of methoxy groups -OCH3 is 3. The number of amides is 3. The summed E-state index contributed by atoms with van der Waals surface area (Å²) in [6.45, 7) is 4.78. The van der Waals surface area contributed by atoms with Gasteiger partial charge in [-0.15, -0.1) is 0 Å². The Labute approximate surface area is 213 Å². The summed E-state index contributed by atoms with van der Waals surface area (Å²) in [6, 6.07) is 11.3. The minimum atomic E-state index is -0.495. The lowest BCUT2D eigenvalue weighted by Crippen LogP contribution is -2.49. The number of anilines is 1. The number of ether oxygens (including phenoxy) is 4. The normalized spacial score (nSPS) is 13.4. The summed E-state index contributed by atoms with van der Waals surface area (Å²) in [7, 11) is 4.54. The van der Waals surface area contributed by atoms with Crippen LogP contribution in [0.1, 0.15) is 43.7 Å². The molecule has 196 valence electrons. The maximum atomic E-state index is 13.4. The first-order chi connectivity index (χ1) is 17.5. The molecule has 9 nitrogen and oxygen atoms in total. The van der Waals surface area contributed by atoms with Crippen LogP contribution in [0.4, 0.5) is 15.3 Å². The van der Waals surface area contributed by atoms with E-state index >= 15 is 0 Å². The van der Waals surface area contributed by atoms with Gasteiger partial charge in [0.15, 0.2) is 11.5 Å². The molecule has 1 N–H and O–H groups in total. The van der Waals surface area contributed by atoms with E-state index < -0.39 is 6.09 Å². The van der Waals surface area contributed by atoms with Gasteiger partial charge in [-0.3, -0.25) is 4.90 Å². The Morgan fingerprint density at radius 2 is 1.78 bits per heavy atom. The van der Waals surface area contributed by atoms with Crippen molar-refractivity contribution in [1.29, 1.82) is 0 Å². The van der Waals surface area contributed by atoms with Gasteiger partial charge in [0.05, 0.1) is 34.5 Å². The topological polar surface area (TPSA) is 89.6 Å². The number of nitrogens with zero attached hydrogens (tertiary/aromatic N) is 2. The highest BCUT2D eigenvalue weighted by Crippen LogP contribution is 2.34. The molecule has 3 rings (SSSR count). The van der Waals surface area contributed by atoms with Gasteiger partial charge in [-0.05, 0) is 36.6 Å². The van der Waals surface area contributed by atoms with Gasteiger partial charge in [-0.25, -0.2) is 9.59 Å². The quantitative estimate of drug-likeness (QED) is 0.415. The fourth-order valence-electron chi connectivity index (χ4n) is 4.13. The van der Waals surface area contributed by atoms with E-state index in [0.717, 1.165) is 42.5 Å². The van der Waals surface area contributed by atoms with E-state index in [1.54, 1.807) is 19.1 Å². The summed E-state index contributed by atoms with van der Waals surface area (Å²) in [6.07, 6.45) is 3.54. The second-order valence-corrected chi connectivity index (χ2v) is 8.59. The average Bonchev–Trinajstić information content (AvgIpc) is 2.91. The highest BCUT2D eigenvalue weighted by atomic mass is 16.5. The summed E-state index contributed by atoms with van der Waals surface area (Å²) in [5.74, 6) is 1.97. The summed E-state index contributed by atoms with van der Waals surface area (Å²) in [5.41, 5.74) is 2.55. The predicted octanol–water partition coefficient (Wildman–Crippen LogP) is 4.96. The van der Waals surface area contributed by atoms with Crippen LogP contribution in [0.15, 0.2) is 36.4 Å². The van der Waals surface area contributed by atoms with E-state index in [1.807, 2.05) is 41.3 Å². The monoisotopic (exact) mass is 499 g/mol. The highest BCUT2D eigenvalue weighted by molar-refractivity contribution is 5.93. The standard InChI is InChI=1S/C27H37N3O6/c1-5-6-7-15-36-25-17-22(11-12-23(25)33-2)30-14-8-13-29(27(30)32)19-21-10-9-20(16-24(21)34-3)18-28-26(31)35-4/h9-12,16-17H,5-8,13-15,18-19H2,1-4H3,(H,28,31). The molecular weight excluding hydrogens is 462 g/mol. The van der Waals surface area contributed by atoms with Crippen molar-refractivity contribution in [3.8, 4) is 17.2 Å². The van der Waals surface area contributed by atoms with Crippen LogP contribution in [0.2, 0.25) is 0 Å². The number of hydrogen-bond acceptors (Lipinski definition) is 6. The zero-order chi connectivity index (χ0) is 25.9. The van der Waals surface area contributed by atoms with Crippen molar-refractivity contribution in [2.75, 3.05) is 45.9 Å². The number of carbonyl (C=O) groups excluding carboxylic acids is 2. The average molecular weight is 500 g/mol. The molecule has 1 aliphatic heterocycles. The second kappa shape index (κ2) is 13.5. The maximum absolute atomic E-state index is 13.4. The van der Waals surface area contributed by atoms with Crippen LogP contribution in [-0.2, 0) is 17.8 Å². The van der Waals surface area contributed by atoms with Gasteiger partial charge < -0.3 is 29.2 Å². The van der Waals surface area contributed by atoms with E-state index in [-0.39, 0.29) is 6.03 Å². The van der Waals surface area contributed by atoms with Crippen LogP contribution in [0.3, 0.4) is 0 Å². The lowest BCUT2D eigenvalue weighted by atomic mass is 10.1. The van der Waals surface area contributed by atoms with E-state index in [1.165, 1.54) is 7.11 Å². The molecule has 0 bridgehead atoms. The first-order valence-electron chi connectivity index (χ1n) is 12.4. The minimum absolute atomic E-state index is 0.0677. The molecule has 1 fully saturated rings. The van der Waals surface area contributed by atoms with Crippen LogP contribution in [0.25, 0.3) is 0 Å². The molecule has 0 radical (unpaired) electrons. The smallest absolute Gasteiger partial charge is 0.407 e. The summed E-state index contributed by atoms with van der Waals surface area (Å²) >= 11 is 0. The van der Waals surface area contributed by atoms with Crippen molar-refractivity contribution < 1.29 is 28.5 Å². The van der Waals surface area contributed by atoms with Crippen molar-refractivity contribution in [2.24, 2.45) is 0 Å². The Hall–Kier alpha value is -3.62. The maximum Gasteiger partial charge on any atom is 0.407 e. The number of unbranched alkanes of at least 4 members (excludes halogenated alkanes) is 2. The molecule has 0 unspecified atom stereocenters. The SMILES string of the molecule is CCCCCOc1cc(N2CCCN(Cc3ccc(CNC(=O)OC)cc3OC)C2=O)ccc1OC. The van der Waals surface area contributed by atoms with E-state index in [9.17, 15) is 9.59 Å². The molecule has 3 amide bonds. The molecule has 0 saturated carbocycles. The van der Waals surface area contributed by atoms with Crippen molar-refractivity contribution in [1.82, 2.24) is 10.2 Å². The van der Waals surface area contributed by atoms with Crippen LogP contribution >= 0.6 is 0 Å². The van der Waals surface area contributed by atoms with Gasteiger partial charge >= 0.3 is 12.1 Å². The largest absolute Gasteiger partial charge is 0.496 e. The molecule has 9 heteroatoms. The Morgan fingerprint density at radius 1 is 0.972 bits per heavy atom. The molecule has 1 aliphatic rings. The molecule has 1 heterocycles. The summed E-state index contributed by atoms with van der Waals surface area (Å²) in [5, 5.41) is 2.66. The van der Waals surface area contributed by atoms with Crippen LogP contribution in [0.5, 0.6) is 17.2 Å². The Bertz CT molecular complexity index is 1030. The molecule has 0 aliphatic carbocycles. The number of alkyl carbamates (subject to hydrolysis) is 1. The number of carbonyl (C=O) groups is 2. The third kappa shape index (κ3) is 6.96. The molecule has 36 heavy (non-hydrogen) atoms. The number of hydrogen-bond donors (Lipinski definition) is 1. The van der Waals surface area contributed by atoms with E-state index in [4.69, 9.17) is 14.2 Å². The first-order valence-corrected chi connectivity index (χ1v) is 12.4. The zero-order valence-electron chi connectivity index (χ0n) is 21.7. The van der Waals surface area contributed by atoms with Gasteiger partial charge in [-0.1, -0.05) is 31.9 Å². The Morgan fingerprint density at radius 3 is 2.50 bits per heavy atom. The van der Waals surface area contributed by atoms with Gasteiger partial charge in [0.2, 0.25) is 0 Å². The molecule has 0 atom stereocenters. The third-order valence-electron chi connectivity index (χ3n) is 6.11. The molecule has 2 aromatic rings. The van der Waals surface area contributed by atoms with Gasteiger partial charge in [0.25, 0.3) is 0 Å². The fraction of sp³-hybridized carbons (Fsp3) is 0.481. The van der Waals surface area contributed by atoms with Gasteiger partial charge in [-0.2, -0.15) is 0 Å². The van der Waals surface area contributed by atoms with Gasteiger partial charge in [0.1, 0.15) is 5.75 Å². The molecule has 0 aromatic heterocycles. The third-order valence-corrected chi connectivity index (χ3v) is 6.11. The number of benzene rings is 2. The van der Waals surface area contributed by atoms with Crippen molar-refractivity contribution in [3.63, 3.8) is 0 Å². The van der Waals surface area contributed by atoms with E-state index in [0.29, 0.717) is 50.0 Å². The van der Waals surface area contributed by atoms with Crippen LogP contribution in [-0.4, -0.2) is 58.1 Å².